The molecule has 0 aromatic rings. The lowest BCUT2D eigenvalue weighted by Gasteiger charge is -2.11. The summed E-state index contributed by atoms with van der Waals surface area (Å²) in [5.74, 6) is 0.970. The molecular weight excluding hydrogens is 188 g/mol. The van der Waals surface area contributed by atoms with E-state index in [-0.39, 0.29) is 11.7 Å². The van der Waals surface area contributed by atoms with Crippen LogP contribution in [0.4, 0.5) is 0 Å². The van der Waals surface area contributed by atoms with Crippen LogP contribution >= 0.6 is 11.8 Å². The lowest BCUT2D eigenvalue weighted by molar-refractivity contribution is -0.136. The van der Waals surface area contributed by atoms with Crippen LogP contribution in [-0.4, -0.2) is 35.3 Å². The average molecular weight is 204 g/mol. The zero-order chi connectivity index (χ0) is 9.68. The van der Waals surface area contributed by atoms with Crippen LogP contribution in [0.3, 0.4) is 0 Å². The molecule has 1 aliphatic heterocycles. The van der Waals surface area contributed by atoms with Crippen LogP contribution in [0, 0.1) is 5.92 Å². The molecule has 0 bridgehead atoms. The molecule has 0 amide bonds. The van der Waals surface area contributed by atoms with Crippen molar-refractivity contribution >= 4 is 17.7 Å². The van der Waals surface area contributed by atoms with Gasteiger partial charge in [-0.25, -0.2) is 0 Å². The highest BCUT2D eigenvalue weighted by atomic mass is 32.2. The van der Waals surface area contributed by atoms with Crippen molar-refractivity contribution in [1.82, 2.24) is 0 Å². The molecule has 0 aliphatic carbocycles. The lowest BCUT2D eigenvalue weighted by Crippen LogP contribution is -2.10. The molecule has 1 heterocycles. The Labute approximate surface area is 82.8 Å². The first-order valence-corrected chi connectivity index (χ1v) is 5.64. The maximum Gasteiger partial charge on any atom is 0.304 e. The molecule has 0 saturated carbocycles. The van der Waals surface area contributed by atoms with Gasteiger partial charge in [-0.2, -0.15) is 11.8 Å². The maximum atomic E-state index is 10.4. The van der Waals surface area contributed by atoms with E-state index in [1.165, 1.54) is 0 Å². The fourth-order valence-electron chi connectivity index (χ4n) is 1.32. The highest BCUT2D eigenvalue weighted by molar-refractivity contribution is 7.99. The van der Waals surface area contributed by atoms with Gasteiger partial charge in [-0.1, -0.05) is 6.92 Å². The monoisotopic (exact) mass is 204 g/mol. The normalized spacial score (nSPS) is 24.5. The number of ether oxygens (including phenoxy) is 1. The molecule has 1 N–H and O–H groups in total. The smallest absolute Gasteiger partial charge is 0.304 e. The Hall–Kier alpha value is -0.220. The van der Waals surface area contributed by atoms with Crippen LogP contribution < -0.4 is 0 Å². The summed E-state index contributed by atoms with van der Waals surface area (Å²) in [5, 5.41) is 8.76. The molecule has 3 nitrogen and oxygen atoms in total. The minimum absolute atomic E-state index is 0.220. The van der Waals surface area contributed by atoms with Gasteiger partial charge in [-0.05, 0) is 18.1 Å². The van der Waals surface area contributed by atoms with Crippen LogP contribution in [0.2, 0.25) is 0 Å². The summed E-state index contributed by atoms with van der Waals surface area (Å²) in [6.07, 6.45) is 1.39. The first-order chi connectivity index (χ1) is 6.18. The van der Waals surface area contributed by atoms with Crippen molar-refractivity contribution in [2.24, 2.45) is 5.92 Å². The maximum absolute atomic E-state index is 10.4. The van der Waals surface area contributed by atoms with Gasteiger partial charge in [0.25, 0.3) is 0 Å². The number of hydrogen-bond acceptors (Lipinski definition) is 3. The molecule has 1 rings (SSSR count). The van der Waals surface area contributed by atoms with Crippen molar-refractivity contribution in [3.05, 3.63) is 0 Å². The SMILES string of the molecule is CC(CC(=O)O)SCC1CCOC1. The summed E-state index contributed by atoms with van der Waals surface area (Å²) < 4.78 is 5.24. The Balaban J connectivity index is 2.06. The first kappa shape index (κ1) is 10.9. The second-order valence-electron chi connectivity index (χ2n) is 3.47. The Morgan fingerprint density at radius 3 is 3.08 bits per heavy atom. The van der Waals surface area contributed by atoms with Crippen LogP contribution in [0.25, 0.3) is 0 Å². The number of carboxylic acids is 1. The van der Waals surface area contributed by atoms with Gasteiger partial charge in [-0.3, -0.25) is 4.79 Å². The van der Waals surface area contributed by atoms with Gasteiger partial charge >= 0.3 is 5.97 Å². The van der Waals surface area contributed by atoms with Crippen LogP contribution in [-0.2, 0) is 9.53 Å². The van der Waals surface area contributed by atoms with Gasteiger partial charge in [-0.15, -0.1) is 0 Å². The molecule has 1 saturated heterocycles. The summed E-state index contributed by atoms with van der Waals surface area (Å²) in [7, 11) is 0. The van der Waals surface area contributed by atoms with Gasteiger partial charge in [0.2, 0.25) is 0 Å². The summed E-state index contributed by atoms with van der Waals surface area (Å²) in [6.45, 7) is 3.69. The summed E-state index contributed by atoms with van der Waals surface area (Å²) >= 11 is 1.74. The van der Waals surface area contributed by atoms with Crippen LogP contribution in [0.15, 0.2) is 0 Å². The fraction of sp³-hybridized carbons (Fsp3) is 0.889. The van der Waals surface area contributed by atoms with Crippen molar-refractivity contribution in [3.63, 3.8) is 0 Å². The third-order valence-electron chi connectivity index (χ3n) is 2.10. The zero-order valence-electron chi connectivity index (χ0n) is 7.86. The Morgan fingerprint density at radius 1 is 1.77 bits per heavy atom. The number of carbonyl (C=O) groups is 1. The van der Waals surface area contributed by atoms with E-state index in [4.69, 9.17) is 9.84 Å². The summed E-state index contributed by atoms with van der Waals surface area (Å²) in [6, 6.07) is 0. The summed E-state index contributed by atoms with van der Waals surface area (Å²) in [5.41, 5.74) is 0. The van der Waals surface area contributed by atoms with E-state index < -0.39 is 5.97 Å². The minimum Gasteiger partial charge on any atom is -0.481 e. The van der Waals surface area contributed by atoms with Gasteiger partial charge < -0.3 is 9.84 Å². The van der Waals surface area contributed by atoms with Crippen molar-refractivity contribution < 1.29 is 14.6 Å². The van der Waals surface area contributed by atoms with Gasteiger partial charge in [0, 0.05) is 11.9 Å². The topological polar surface area (TPSA) is 46.5 Å². The molecule has 2 atom stereocenters. The average Bonchev–Trinajstić information content (AvgIpc) is 2.51. The molecule has 4 heteroatoms. The van der Waals surface area contributed by atoms with E-state index in [1.807, 2.05) is 6.92 Å². The van der Waals surface area contributed by atoms with E-state index in [0.717, 1.165) is 25.4 Å². The largest absolute Gasteiger partial charge is 0.481 e. The number of aliphatic carboxylic acids is 1. The van der Waals surface area contributed by atoms with E-state index in [9.17, 15) is 4.79 Å². The number of thioether (sulfide) groups is 1. The second kappa shape index (κ2) is 5.50. The molecule has 2 unspecified atom stereocenters. The Bertz CT molecular complexity index is 166. The molecule has 1 fully saturated rings. The van der Waals surface area contributed by atoms with Crippen molar-refractivity contribution in [3.8, 4) is 0 Å². The van der Waals surface area contributed by atoms with E-state index in [2.05, 4.69) is 0 Å². The van der Waals surface area contributed by atoms with E-state index in [0.29, 0.717) is 5.92 Å². The zero-order valence-corrected chi connectivity index (χ0v) is 8.68. The number of hydrogen-bond donors (Lipinski definition) is 1. The predicted molar refractivity (Wildman–Crippen MR) is 53.1 cm³/mol. The third kappa shape index (κ3) is 4.52. The lowest BCUT2D eigenvalue weighted by atomic mass is 10.2. The fourth-order valence-corrected chi connectivity index (χ4v) is 2.44. The van der Waals surface area contributed by atoms with Crippen molar-refractivity contribution in [2.75, 3.05) is 19.0 Å². The highest BCUT2D eigenvalue weighted by Gasteiger charge is 2.17. The Morgan fingerprint density at radius 2 is 2.54 bits per heavy atom. The van der Waals surface area contributed by atoms with Crippen molar-refractivity contribution in [1.29, 1.82) is 0 Å². The minimum atomic E-state index is -0.706. The third-order valence-corrected chi connectivity index (χ3v) is 3.50. The highest BCUT2D eigenvalue weighted by Crippen LogP contribution is 2.22. The molecule has 0 radical (unpaired) electrons. The number of rotatable bonds is 5. The Kier molecular flexibility index (Phi) is 4.59. The molecule has 1 aliphatic rings. The summed E-state index contributed by atoms with van der Waals surface area (Å²) in [4.78, 5) is 10.4. The van der Waals surface area contributed by atoms with E-state index >= 15 is 0 Å². The molecular formula is C9H16O3S. The predicted octanol–water partition coefficient (Wildman–Crippen LogP) is 1.62. The molecule has 0 aromatic carbocycles. The van der Waals surface area contributed by atoms with Gasteiger partial charge in [0.05, 0.1) is 13.0 Å². The van der Waals surface area contributed by atoms with Crippen LogP contribution in [0.5, 0.6) is 0 Å². The van der Waals surface area contributed by atoms with Gasteiger partial charge in [0.15, 0.2) is 0 Å². The second-order valence-corrected chi connectivity index (χ2v) is 4.94. The molecule has 76 valence electrons. The standard InChI is InChI=1S/C9H16O3S/c1-7(4-9(10)11)13-6-8-2-3-12-5-8/h7-8H,2-6H2,1H3,(H,10,11). The first-order valence-electron chi connectivity index (χ1n) is 4.59. The van der Waals surface area contributed by atoms with Crippen LogP contribution in [0.1, 0.15) is 19.8 Å². The van der Waals surface area contributed by atoms with Crippen molar-refractivity contribution in [2.45, 2.75) is 25.0 Å². The molecule has 0 spiro atoms. The molecule has 13 heavy (non-hydrogen) atoms. The number of carboxylic acid groups (broad SMARTS) is 1. The quantitative estimate of drug-likeness (QED) is 0.739. The van der Waals surface area contributed by atoms with Gasteiger partial charge in [0.1, 0.15) is 0 Å². The molecule has 0 aromatic heterocycles. The van der Waals surface area contributed by atoms with E-state index in [1.54, 1.807) is 11.8 Å².